The van der Waals surface area contributed by atoms with Gasteiger partial charge in [0.25, 0.3) is 5.91 Å². The van der Waals surface area contributed by atoms with Crippen molar-refractivity contribution in [2.45, 2.75) is 25.7 Å². The molecule has 0 spiro atoms. The van der Waals surface area contributed by atoms with Crippen molar-refractivity contribution in [3.8, 4) is 11.3 Å². The molecule has 1 amide bonds. The average molecular weight is 297 g/mol. The van der Waals surface area contributed by atoms with Gasteiger partial charge in [0.1, 0.15) is 6.33 Å². The molecule has 5 heteroatoms. The zero-order valence-corrected chi connectivity index (χ0v) is 12.4. The van der Waals surface area contributed by atoms with Gasteiger partial charge in [0.05, 0.1) is 12.3 Å². The largest absolute Gasteiger partial charge is 0.395 e. The molecule has 1 aromatic heterocycles. The van der Waals surface area contributed by atoms with E-state index in [2.05, 4.69) is 15.3 Å². The maximum Gasteiger partial charge on any atom is 0.252 e. The maximum atomic E-state index is 12.3. The topological polar surface area (TPSA) is 75.1 Å². The van der Waals surface area contributed by atoms with Gasteiger partial charge in [-0.3, -0.25) is 4.79 Å². The number of carbonyl (C=O) groups is 1. The van der Waals surface area contributed by atoms with Gasteiger partial charge < -0.3 is 10.4 Å². The van der Waals surface area contributed by atoms with Crippen LogP contribution >= 0.6 is 0 Å². The summed E-state index contributed by atoms with van der Waals surface area (Å²) < 4.78 is 0. The van der Waals surface area contributed by atoms with Crippen LogP contribution < -0.4 is 5.32 Å². The van der Waals surface area contributed by atoms with Gasteiger partial charge in [-0.25, -0.2) is 9.97 Å². The molecule has 1 aliphatic rings. The van der Waals surface area contributed by atoms with Crippen molar-refractivity contribution in [1.82, 2.24) is 15.3 Å². The Hall–Kier alpha value is -2.27. The molecule has 2 N–H and O–H groups in total. The molecule has 1 heterocycles. The summed E-state index contributed by atoms with van der Waals surface area (Å²) in [5.74, 6) is -0.187. The lowest BCUT2D eigenvalue weighted by Gasteiger charge is -2.18. The Labute approximate surface area is 129 Å². The summed E-state index contributed by atoms with van der Waals surface area (Å²) in [6.45, 7) is 0.172. The molecule has 0 radical (unpaired) electrons. The smallest absolute Gasteiger partial charge is 0.252 e. The van der Waals surface area contributed by atoms with Crippen LogP contribution in [0.4, 0.5) is 0 Å². The fourth-order valence-electron chi connectivity index (χ4n) is 2.91. The molecule has 2 aromatic rings. The number of amides is 1. The van der Waals surface area contributed by atoms with Crippen molar-refractivity contribution in [3.05, 3.63) is 47.4 Å². The number of carbonyl (C=O) groups excluding carboxylic acids is 1. The van der Waals surface area contributed by atoms with E-state index in [0.717, 1.165) is 48.2 Å². The Morgan fingerprint density at radius 2 is 2.00 bits per heavy atom. The monoisotopic (exact) mass is 297 g/mol. The molecule has 3 rings (SSSR count). The van der Waals surface area contributed by atoms with Gasteiger partial charge in [0.15, 0.2) is 0 Å². The highest BCUT2D eigenvalue weighted by molar-refractivity contribution is 6.00. The summed E-state index contributed by atoms with van der Waals surface area (Å²) in [6.07, 6.45) is 5.80. The Morgan fingerprint density at radius 3 is 2.86 bits per heavy atom. The van der Waals surface area contributed by atoms with Crippen LogP contribution in [0.15, 0.2) is 30.6 Å². The number of nitrogens with one attached hydrogen (secondary N) is 1. The number of aliphatic hydroxyl groups excluding tert-OH is 1. The van der Waals surface area contributed by atoms with Crippen LogP contribution in [0.1, 0.15) is 34.5 Å². The van der Waals surface area contributed by atoms with E-state index in [-0.39, 0.29) is 19.1 Å². The summed E-state index contributed by atoms with van der Waals surface area (Å²) in [5, 5.41) is 11.6. The standard InChI is InChI=1S/C17H19N3O2/c21-10-9-18-17(22)13-6-2-1-5-12(13)16-14-7-3-4-8-15(14)19-11-20-16/h1-2,5-6,11,21H,3-4,7-10H2,(H,18,22). The van der Waals surface area contributed by atoms with Crippen LogP contribution in [-0.4, -0.2) is 34.1 Å². The van der Waals surface area contributed by atoms with Gasteiger partial charge in [-0.1, -0.05) is 18.2 Å². The Kier molecular flexibility index (Phi) is 4.44. The van der Waals surface area contributed by atoms with Crippen LogP contribution in [-0.2, 0) is 12.8 Å². The molecule has 0 saturated heterocycles. The number of aryl methyl sites for hydroxylation is 1. The van der Waals surface area contributed by atoms with Crippen LogP contribution in [0, 0.1) is 0 Å². The van der Waals surface area contributed by atoms with Gasteiger partial charge in [0, 0.05) is 28.9 Å². The highest BCUT2D eigenvalue weighted by Gasteiger charge is 2.20. The number of aromatic nitrogens is 2. The summed E-state index contributed by atoms with van der Waals surface area (Å²) in [7, 11) is 0. The van der Waals surface area contributed by atoms with Gasteiger partial charge in [-0.15, -0.1) is 0 Å². The molecular weight excluding hydrogens is 278 g/mol. The predicted octanol–water partition coefficient (Wildman–Crippen LogP) is 1.74. The van der Waals surface area contributed by atoms with Crippen LogP contribution in [0.3, 0.4) is 0 Å². The molecule has 22 heavy (non-hydrogen) atoms. The number of hydrogen-bond acceptors (Lipinski definition) is 4. The first-order valence-electron chi connectivity index (χ1n) is 7.62. The number of rotatable bonds is 4. The van der Waals surface area contributed by atoms with Crippen LogP contribution in [0.25, 0.3) is 11.3 Å². The summed E-state index contributed by atoms with van der Waals surface area (Å²) >= 11 is 0. The van der Waals surface area contributed by atoms with Gasteiger partial charge in [-0.05, 0) is 31.7 Å². The predicted molar refractivity (Wildman–Crippen MR) is 83.5 cm³/mol. The molecule has 5 nitrogen and oxygen atoms in total. The molecule has 0 bridgehead atoms. The molecule has 114 valence electrons. The minimum absolute atomic E-state index is 0.0726. The van der Waals surface area contributed by atoms with Gasteiger partial charge in [-0.2, -0.15) is 0 Å². The van der Waals surface area contributed by atoms with E-state index < -0.39 is 0 Å². The average Bonchev–Trinajstić information content (AvgIpc) is 2.59. The fraction of sp³-hybridized carbons (Fsp3) is 0.353. The number of hydrogen-bond donors (Lipinski definition) is 2. The van der Waals surface area contributed by atoms with Crippen molar-refractivity contribution in [1.29, 1.82) is 0 Å². The lowest BCUT2D eigenvalue weighted by Crippen LogP contribution is -2.27. The second-order valence-electron chi connectivity index (χ2n) is 5.38. The second-order valence-corrected chi connectivity index (χ2v) is 5.38. The molecule has 0 fully saturated rings. The molecule has 0 unspecified atom stereocenters. The lowest BCUT2D eigenvalue weighted by atomic mass is 9.91. The summed E-state index contributed by atoms with van der Waals surface area (Å²) in [5.41, 5.74) is 4.54. The first kappa shape index (κ1) is 14.7. The van der Waals surface area contributed by atoms with Gasteiger partial charge in [0.2, 0.25) is 0 Å². The molecule has 0 aliphatic heterocycles. The minimum atomic E-state index is -0.187. The van der Waals surface area contributed by atoms with Crippen LogP contribution in [0.2, 0.25) is 0 Å². The van der Waals surface area contributed by atoms with Crippen molar-refractivity contribution >= 4 is 5.91 Å². The SMILES string of the molecule is O=C(NCCO)c1ccccc1-c1ncnc2c1CCCC2. The Morgan fingerprint density at radius 1 is 1.18 bits per heavy atom. The number of benzene rings is 1. The quantitative estimate of drug-likeness (QED) is 0.901. The van der Waals surface area contributed by atoms with E-state index in [1.807, 2.05) is 18.2 Å². The molecule has 1 aliphatic carbocycles. The van der Waals surface area contributed by atoms with Crippen molar-refractivity contribution in [2.24, 2.45) is 0 Å². The molecule has 1 aromatic carbocycles. The third-order valence-corrected chi connectivity index (χ3v) is 3.95. The van der Waals surface area contributed by atoms with Crippen molar-refractivity contribution in [2.75, 3.05) is 13.2 Å². The first-order valence-corrected chi connectivity index (χ1v) is 7.62. The highest BCUT2D eigenvalue weighted by Crippen LogP contribution is 2.30. The Balaban J connectivity index is 2.04. The van der Waals surface area contributed by atoms with Crippen molar-refractivity contribution in [3.63, 3.8) is 0 Å². The van der Waals surface area contributed by atoms with E-state index in [1.54, 1.807) is 12.4 Å². The second kappa shape index (κ2) is 6.66. The number of fused-ring (bicyclic) bond motifs is 1. The molecular formula is C17H19N3O2. The summed E-state index contributed by atoms with van der Waals surface area (Å²) in [6, 6.07) is 7.46. The first-order chi connectivity index (χ1) is 10.8. The number of aliphatic hydroxyl groups is 1. The van der Waals surface area contributed by atoms with Crippen molar-refractivity contribution < 1.29 is 9.90 Å². The van der Waals surface area contributed by atoms with E-state index in [1.165, 1.54) is 0 Å². The van der Waals surface area contributed by atoms with Crippen LogP contribution in [0.5, 0.6) is 0 Å². The molecule has 0 atom stereocenters. The lowest BCUT2D eigenvalue weighted by molar-refractivity contribution is 0.0945. The zero-order chi connectivity index (χ0) is 15.4. The third kappa shape index (κ3) is 2.85. The van der Waals surface area contributed by atoms with Gasteiger partial charge >= 0.3 is 0 Å². The normalized spacial score (nSPS) is 13.5. The summed E-state index contributed by atoms with van der Waals surface area (Å²) in [4.78, 5) is 21.1. The third-order valence-electron chi connectivity index (χ3n) is 3.95. The molecule has 0 saturated carbocycles. The fourth-order valence-corrected chi connectivity index (χ4v) is 2.91. The van der Waals surface area contributed by atoms with E-state index in [9.17, 15) is 4.79 Å². The zero-order valence-electron chi connectivity index (χ0n) is 12.4. The van der Waals surface area contributed by atoms with E-state index >= 15 is 0 Å². The Bertz CT molecular complexity index is 685. The van der Waals surface area contributed by atoms with E-state index in [0.29, 0.717) is 5.56 Å². The maximum absolute atomic E-state index is 12.3. The number of nitrogens with zero attached hydrogens (tertiary/aromatic N) is 2. The highest BCUT2D eigenvalue weighted by atomic mass is 16.3. The minimum Gasteiger partial charge on any atom is -0.395 e. The van der Waals surface area contributed by atoms with E-state index in [4.69, 9.17) is 5.11 Å².